The van der Waals surface area contributed by atoms with Crippen LogP contribution in [-0.4, -0.2) is 35.2 Å². The van der Waals surface area contributed by atoms with E-state index >= 15 is 0 Å². The summed E-state index contributed by atoms with van der Waals surface area (Å²) in [5.74, 6) is 0. The predicted molar refractivity (Wildman–Crippen MR) is 102 cm³/mol. The number of aryl methyl sites for hydroxylation is 2. The quantitative estimate of drug-likeness (QED) is 0.853. The maximum Gasteiger partial charge on any atom is 0.413 e. The van der Waals surface area contributed by atoms with Crippen LogP contribution in [0.3, 0.4) is 0 Å². The fourth-order valence-corrected chi connectivity index (χ4v) is 3.71. The van der Waals surface area contributed by atoms with E-state index in [-0.39, 0.29) is 6.03 Å². The SMILES string of the molecule is CCOC(=O)Nc1nc2c(s1)CN(C(=O)Nc1ccc(C)c(C)c1)CC2. The molecule has 3 amide bonds. The average molecular weight is 374 g/mol. The normalized spacial score (nSPS) is 13.1. The lowest BCUT2D eigenvalue weighted by molar-refractivity contribution is 0.168. The topological polar surface area (TPSA) is 83.6 Å². The summed E-state index contributed by atoms with van der Waals surface area (Å²) in [6.07, 6.45) is 0.152. The minimum absolute atomic E-state index is 0.132. The fraction of sp³-hybridized carbons (Fsp3) is 0.389. The number of hydrogen-bond acceptors (Lipinski definition) is 5. The van der Waals surface area contributed by atoms with E-state index in [0.717, 1.165) is 21.8 Å². The van der Waals surface area contributed by atoms with Crippen molar-refractivity contribution in [3.8, 4) is 0 Å². The smallest absolute Gasteiger partial charge is 0.413 e. The third-order valence-electron chi connectivity index (χ3n) is 4.26. The predicted octanol–water partition coefficient (Wildman–Crippen LogP) is 3.92. The first kappa shape index (κ1) is 18.2. The zero-order chi connectivity index (χ0) is 18.7. The molecular weight excluding hydrogens is 352 g/mol. The van der Waals surface area contributed by atoms with Gasteiger partial charge in [-0.05, 0) is 44.0 Å². The molecule has 0 saturated carbocycles. The molecule has 138 valence electrons. The van der Waals surface area contributed by atoms with Gasteiger partial charge in [-0.15, -0.1) is 0 Å². The highest BCUT2D eigenvalue weighted by molar-refractivity contribution is 7.15. The van der Waals surface area contributed by atoms with Crippen LogP contribution in [0.1, 0.15) is 28.6 Å². The Morgan fingerprint density at radius 1 is 1.27 bits per heavy atom. The Bertz CT molecular complexity index is 834. The van der Waals surface area contributed by atoms with Gasteiger partial charge in [-0.2, -0.15) is 0 Å². The van der Waals surface area contributed by atoms with Crippen molar-refractivity contribution in [2.45, 2.75) is 33.7 Å². The molecule has 0 fully saturated rings. The van der Waals surface area contributed by atoms with E-state index < -0.39 is 6.09 Å². The van der Waals surface area contributed by atoms with Crippen molar-refractivity contribution in [2.24, 2.45) is 0 Å². The number of nitrogens with zero attached hydrogens (tertiary/aromatic N) is 2. The number of urea groups is 1. The summed E-state index contributed by atoms with van der Waals surface area (Å²) in [4.78, 5) is 31.2. The van der Waals surface area contributed by atoms with Gasteiger partial charge >= 0.3 is 12.1 Å². The molecule has 0 atom stereocenters. The summed E-state index contributed by atoms with van der Waals surface area (Å²) < 4.78 is 4.86. The summed E-state index contributed by atoms with van der Waals surface area (Å²) >= 11 is 1.38. The van der Waals surface area contributed by atoms with Gasteiger partial charge in [0.15, 0.2) is 5.13 Å². The first-order chi connectivity index (χ1) is 12.5. The highest BCUT2D eigenvalue weighted by atomic mass is 32.1. The molecule has 8 heteroatoms. The van der Waals surface area contributed by atoms with Crippen LogP contribution in [0.15, 0.2) is 18.2 Å². The Balaban J connectivity index is 1.63. The van der Waals surface area contributed by atoms with Gasteiger partial charge in [-0.3, -0.25) is 5.32 Å². The van der Waals surface area contributed by atoms with Crippen LogP contribution < -0.4 is 10.6 Å². The number of carbonyl (C=O) groups excluding carboxylic acids is 2. The molecule has 7 nitrogen and oxygen atoms in total. The van der Waals surface area contributed by atoms with Crippen LogP contribution in [0.4, 0.5) is 20.4 Å². The second kappa shape index (κ2) is 7.74. The van der Waals surface area contributed by atoms with Gasteiger partial charge in [0.05, 0.1) is 18.8 Å². The lowest BCUT2D eigenvalue weighted by Gasteiger charge is -2.26. The van der Waals surface area contributed by atoms with Crippen LogP contribution in [0.25, 0.3) is 0 Å². The third-order valence-corrected chi connectivity index (χ3v) is 5.26. The maximum atomic E-state index is 12.6. The first-order valence-electron chi connectivity index (χ1n) is 8.51. The van der Waals surface area contributed by atoms with Crippen molar-refractivity contribution < 1.29 is 14.3 Å². The molecule has 0 radical (unpaired) electrons. The van der Waals surface area contributed by atoms with Gasteiger partial charge < -0.3 is 15.0 Å². The van der Waals surface area contributed by atoms with Crippen molar-refractivity contribution in [1.82, 2.24) is 9.88 Å². The molecule has 1 aliphatic heterocycles. The number of anilines is 2. The molecule has 2 heterocycles. The molecule has 2 N–H and O–H groups in total. The molecule has 0 aliphatic carbocycles. The van der Waals surface area contributed by atoms with E-state index in [2.05, 4.69) is 15.6 Å². The van der Waals surface area contributed by atoms with Crippen molar-refractivity contribution in [1.29, 1.82) is 0 Å². The van der Waals surface area contributed by atoms with Gasteiger partial charge in [0, 0.05) is 23.5 Å². The Hall–Kier alpha value is -2.61. The van der Waals surface area contributed by atoms with Gasteiger partial charge in [0.2, 0.25) is 0 Å². The number of rotatable bonds is 3. The maximum absolute atomic E-state index is 12.6. The summed E-state index contributed by atoms with van der Waals surface area (Å²) in [5.41, 5.74) is 4.05. The van der Waals surface area contributed by atoms with Crippen molar-refractivity contribution in [2.75, 3.05) is 23.8 Å². The molecule has 1 aliphatic rings. The lowest BCUT2D eigenvalue weighted by Crippen LogP contribution is -2.38. The fourth-order valence-electron chi connectivity index (χ4n) is 2.70. The second-order valence-corrected chi connectivity index (χ2v) is 7.22. The molecule has 0 spiro atoms. The third kappa shape index (κ3) is 4.13. The van der Waals surface area contributed by atoms with Crippen molar-refractivity contribution >= 4 is 34.3 Å². The molecular formula is C18H22N4O3S. The molecule has 3 rings (SSSR count). The van der Waals surface area contributed by atoms with E-state index in [9.17, 15) is 9.59 Å². The Morgan fingerprint density at radius 3 is 2.81 bits per heavy atom. The number of carbonyl (C=O) groups is 2. The second-order valence-electron chi connectivity index (χ2n) is 6.14. The molecule has 0 saturated heterocycles. The summed E-state index contributed by atoms with van der Waals surface area (Å²) in [5, 5.41) is 6.07. The van der Waals surface area contributed by atoms with Crippen LogP contribution in [0, 0.1) is 13.8 Å². The molecule has 1 aromatic carbocycles. The number of nitrogens with one attached hydrogen (secondary N) is 2. The Kier molecular flexibility index (Phi) is 5.41. The average Bonchev–Trinajstić information content (AvgIpc) is 2.99. The largest absolute Gasteiger partial charge is 0.450 e. The number of hydrogen-bond donors (Lipinski definition) is 2. The van der Waals surface area contributed by atoms with E-state index in [1.165, 1.54) is 16.9 Å². The Morgan fingerprint density at radius 2 is 2.08 bits per heavy atom. The van der Waals surface area contributed by atoms with Crippen LogP contribution in [0.5, 0.6) is 0 Å². The lowest BCUT2D eigenvalue weighted by atomic mass is 10.1. The monoisotopic (exact) mass is 374 g/mol. The van der Waals surface area contributed by atoms with Gasteiger partial charge in [0.25, 0.3) is 0 Å². The molecule has 2 aromatic rings. The first-order valence-corrected chi connectivity index (χ1v) is 9.33. The standard InChI is InChI=1S/C18H22N4O3S/c1-4-25-18(24)21-16-20-14-7-8-22(10-15(14)26-16)17(23)19-13-6-5-11(2)12(3)9-13/h5-6,9H,4,7-8,10H2,1-3H3,(H,19,23)(H,20,21,24). The van der Waals surface area contributed by atoms with E-state index in [1.807, 2.05) is 32.0 Å². The zero-order valence-electron chi connectivity index (χ0n) is 15.1. The van der Waals surface area contributed by atoms with Crippen LogP contribution >= 0.6 is 11.3 Å². The van der Waals surface area contributed by atoms with Gasteiger partial charge in [-0.1, -0.05) is 17.4 Å². The van der Waals surface area contributed by atoms with Gasteiger partial charge in [-0.25, -0.2) is 14.6 Å². The zero-order valence-corrected chi connectivity index (χ0v) is 15.9. The number of amides is 3. The minimum atomic E-state index is -0.511. The van der Waals surface area contributed by atoms with E-state index in [4.69, 9.17) is 4.74 Å². The van der Waals surface area contributed by atoms with E-state index in [0.29, 0.717) is 31.2 Å². The number of benzene rings is 1. The minimum Gasteiger partial charge on any atom is -0.450 e. The van der Waals surface area contributed by atoms with E-state index in [1.54, 1.807) is 11.8 Å². The summed E-state index contributed by atoms with van der Waals surface area (Å²) in [6, 6.07) is 5.74. The summed E-state index contributed by atoms with van der Waals surface area (Å²) in [7, 11) is 0. The van der Waals surface area contributed by atoms with Gasteiger partial charge in [0.1, 0.15) is 0 Å². The molecule has 0 bridgehead atoms. The number of ether oxygens (including phenoxy) is 1. The highest BCUT2D eigenvalue weighted by Crippen LogP contribution is 2.28. The number of thiazole rings is 1. The molecule has 26 heavy (non-hydrogen) atoms. The number of aromatic nitrogens is 1. The van der Waals surface area contributed by atoms with Crippen LogP contribution in [0.2, 0.25) is 0 Å². The molecule has 1 aromatic heterocycles. The number of fused-ring (bicyclic) bond motifs is 1. The van der Waals surface area contributed by atoms with Crippen molar-refractivity contribution in [3.05, 3.63) is 39.9 Å². The summed E-state index contributed by atoms with van der Waals surface area (Å²) in [6.45, 7) is 7.19. The highest BCUT2D eigenvalue weighted by Gasteiger charge is 2.24. The Labute approximate surface area is 156 Å². The molecule has 0 unspecified atom stereocenters. The van der Waals surface area contributed by atoms with Crippen molar-refractivity contribution in [3.63, 3.8) is 0 Å². The van der Waals surface area contributed by atoms with Crippen LogP contribution in [-0.2, 0) is 17.7 Å².